The predicted molar refractivity (Wildman–Crippen MR) is 38.6 cm³/mol. The van der Waals surface area contributed by atoms with Crippen molar-refractivity contribution in [1.82, 2.24) is 4.98 Å². The summed E-state index contributed by atoms with van der Waals surface area (Å²) in [6, 6.07) is 2.51. The molecule has 2 nitrogen and oxygen atoms in total. The van der Waals surface area contributed by atoms with Crippen LogP contribution in [0.15, 0.2) is 6.07 Å². The van der Waals surface area contributed by atoms with Gasteiger partial charge in [-0.2, -0.15) is 9.65 Å². The highest BCUT2D eigenvalue weighted by atomic mass is 19.3. The Morgan fingerprint density at radius 1 is 1.54 bits per heavy atom. The first kappa shape index (κ1) is 9.52. The summed E-state index contributed by atoms with van der Waals surface area (Å²) in [6.45, 7) is 1.38. The Kier molecular flexibility index (Phi) is 2.52. The van der Waals surface area contributed by atoms with Crippen LogP contribution in [0.1, 0.15) is 23.2 Å². The molecule has 1 heterocycles. The maximum Gasteiger partial charge on any atom is 0.281 e. The topological polar surface area (TPSA) is 36.7 Å². The smallest absolute Gasteiger partial charge is 0.217 e. The molecule has 0 bridgehead atoms. The third-order valence-electron chi connectivity index (χ3n) is 1.53. The van der Waals surface area contributed by atoms with Gasteiger partial charge in [-0.1, -0.05) is 0 Å². The first-order valence-corrected chi connectivity index (χ1v) is 3.41. The molecule has 0 amide bonds. The quantitative estimate of drug-likeness (QED) is 0.631. The highest BCUT2D eigenvalue weighted by molar-refractivity contribution is 5.40. The van der Waals surface area contributed by atoms with E-state index in [0.29, 0.717) is 0 Å². The molecule has 1 aromatic heterocycles. The minimum Gasteiger partial charge on any atom is -0.217 e. The SMILES string of the molecule is Cc1cc(F)nc(C(F)F)c1C#N. The minimum atomic E-state index is -2.93. The van der Waals surface area contributed by atoms with Gasteiger partial charge in [-0.3, -0.25) is 0 Å². The van der Waals surface area contributed by atoms with Crippen LogP contribution in [0.25, 0.3) is 0 Å². The Morgan fingerprint density at radius 3 is 2.62 bits per heavy atom. The molecule has 0 saturated heterocycles. The monoisotopic (exact) mass is 186 g/mol. The normalized spacial score (nSPS) is 10.2. The van der Waals surface area contributed by atoms with E-state index in [0.717, 1.165) is 6.07 Å². The highest BCUT2D eigenvalue weighted by Crippen LogP contribution is 2.22. The van der Waals surface area contributed by atoms with Crippen molar-refractivity contribution in [2.75, 3.05) is 0 Å². The maximum atomic E-state index is 12.6. The zero-order valence-corrected chi connectivity index (χ0v) is 6.68. The summed E-state index contributed by atoms with van der Waals surface area (Å²) in [5.74, 6) is -0.994. The number of nitrogens with zero attached hydrogens (tertiary/aromatic N) is 2. The molecule has 0 aliphatic carbocycles. The van der Waals surface area contributed by atoms with Gasteiger partial charge in [-0.15, -0.1) is 0 Å². The highest BCUT2D eigenvalue weighted by Gasteiger charge is 2.17. The number of aromatic nitrogens is 1. The molecule has 1 aromatic rings. The standard InChI is InChI=1S/C8H5F3N2/c1-4-2-6(9)13-7(8(10)11)5(4)3-12/h2,8H,1H3. The van der Waals surface area contributed by atoms with E-state index in [2.05, 4.69) is 4.98 Å². The van der Waals surface area contributed by atoms with Gasteiger partial charge in [-0.05, 0) is 18.6 Å². The average molecular weight is 186 g/mol. The van der Waals surface area contributed by atoms with Gasteiger partial charge < -0.3 is 0 Å². The van der Waals surface area contributed by atoms with Gasteiger partial charge in [0.2, 0.25) is 5.95 Å². The molecule has 68 valence electrons. The molecule has 0 unspecified atom stereocenters. The number of aryl methyl sites for hydroxylation is 1. The Labute approximate surface area is 72.6 Å². The first-order valence-electron chi connectivity index (χ1n) is 3.41. The first-order chi connectivity index (χ1) is 6.06. The number of pyridine rings is 1. The number of alkyl halides is 2. The van der Waals surface area contributed by atoms with E-state index < -0.39 is 18.1 Å². The number of nitriles is 1. The van der Waals surface area contributed by atoms with Crippen LogP contribution >= 0.6 is 0 Å². The van der Waals surface area contributed by atoms with Crippen LogP contribution in [-0.4, -0.2) is 4.98 Å². The number of rotatable bonds is 1. The van der Waals surface area contributed by atoms with Gasteiger partial charge in [0.1, 0.15) is 11.8 Å². The van der Waals surface area contributed by atoms with Gasteiger partial charge in [-0.25, -0.2) is 13.8 Å². The van der Waals surface area contributed by atoms with Crippen molar-refractivity contribution >= 4 is 0 Å². The summed E-state index contributed by atoms with van der Waals surface area (Å²) in [7, 11) is 0. The lowest BCUT2D eigenvalue weighted by Gasteiger charge is -2.03. The predicted octanol–water partition coefficient (Wildman–Crippen LogP) is 2.34. The largest absolute Gasteiger partial charge is 0.281 e. The van der Waals surface area contributed by atoms with E-state index in [1.807, 2.05) is 0 Å². The van der Waals surface area contributed by atoms with E-state index in [1.54, 1.807) is 6.07 Å². The van der Waals surface area contributed by atoms with Gasteiger partial charge in [0, 0.05) is 0 Å². The number of hydrogen-bond acceptors (Lipinski definition) is 2. The lowest BCUT2D eigenvalue weighted by atomic mass is 10.1. The van der Waals surface area contributed by atoms with E-state index in [1.165, 1.54) is 6.92 Å². The van der Waals surface area contributed by atoms with Crippen molar-refractivity contribution in [3.8, 4) is 6.07 Å². The van der Waals surface area contributed by atoms with E-state index in [-0.39, 0.29) is 11.1 Å². The molecule has 0 atom stereocenters. The van der Waals surface area contributed by atoms with E-state index >= 15 is 0 Å². The van der Waals surface area contributed by atoms with Crippen LogP contribution in [-0.2, 0) is 0 Å². The second-order valence-corrected chi connectivity index (χ2v) is 2.43. The van der Waals surface area contributed by atoms with Crippen LogP contribution in [0, 0.1) is 24.2 Å². The van der Waals surface area contributed by atoms with Gasteiger partial charge in [0.05, 0.1) is 5.56 Å². The summed E-state index contributed by atoms with van der Waals surface area (Å²) in [5.41, 5.74) is -0.873. The molecule has 0 spiro atoms. The van der Waals surface area contributed by atoms with Crippen molar-refractivity contribution in [3.05, 3.63) is 28.8 Å². The van der Waals surface area contributed by atoms with Crippen molar-refractivity contribution in [3.63, 3.8) is 0 Å². The lowest BCUT2D eigenvalue weighted by Crippen LogP contribution is -2.00. The van der Waals surface area contributed by atoms with Crippen molar-refractivity contribution in [1.29, 1.82) is 5.26 Å². The lowest BCUT2D eigenvalue weighted by molar-refractivity contribution is 0.144. The number of halogens is 3. The minimum absolute atomic E-state index is 0.172. The van der Waals surface area contributed by atoms with Gasteiger partial charge in [0.25, 0.3) is 6.43 Å². The second-order valence-electron chi connectivity index (χ2n) is 2.43. The molecule has 0 saturated carbocycles. The summed E-state index contributed by atoms with van der Waals surface area (Å²) in [4.78, 5) is 2.97. The Morgan fingerprint density at radius 2 is 2.15 bits per heavy atom. The van der Waals surface area contributed by atoms with Crippen LogP contribution in [0.2, 0.25) is 0 Å². The molecular formula is C8H5F3N2. The average Bonchev–Trinajstić information content (AvgIpc) is 2.02. The molecule has 13 heavy (non-hydrogen) atoms. The van der Waals surface area contributed by atoms with Crippen molar-refractivity contribution in [2.45, 2.75) is 13.3 Å². The summed E-state index contributed by atoms with van der Waals surface area (Å²) in [5, 5.41) is 8.49. The Bertz CT molecular complexity index is 368. The zero-order chi connectivity index (χ0) is 10.0. The van der Waals surface area contributed by atoms with E-state index in [9.17, 15) is 13.2 Å². The molecule has 0 radical (unpaired) electrons. The summed E-state index contributed by atoms with van der Waals surface area (Å²) >= 11 is 0. The number of hydrogen-bond donors (Lipinski definition) is 0. The molecule has 0 N–H and O–H groups in total. The van der Waals surface area contributed by atoms with Crippen LogP contribution in [0.3, 0.4) is 0 Å². The molecule has 0 aliphatic heterocycles. The Hall–Kier alpha value is -1.57. The fourth-order valence-electron chi connectivity index (χ4n) is 0.959. The molecular weight excluding hydrogens is 181 g/mol. The maximum absolute atomic E-state index is 12.6. The van der Waals surface area contributed by atoms with Crippen LogP contribution in [0.5, 0.6) is 0 Å². The van der Waals surface area contributed by atoms with Gasteiger partial charge in [0.15, 0.2) is 0 Å². The molecule has 0 aromatic carbocycles. The van der Waals surface area contributed by atoms with Crippen LogP contribution in [0.4, 0.5) is 13.2 Å². The summed E-state index contributed by atoms with van der Waals surface area (Å²) < 4.78 is 36.9. The van der Waals surface area contributed by atoms with Crippen molar-refractivity contribution < 1.29 is 13.2 Å². The fraction of sp³-hybridized carbons (Fsp3) is 0.250. The molecule has 1 rings (SSSR count). The molecule has 0 aliphatic rings. The Balaban J connectivity index is 3.41. The second kappa shape index (κ2) is 3.44. The van der Waals surface area contributed by atoms with Crippen LogP contribution < -0.4 is 0 Å². The summed E-state index contributed by atoms with van der Waals surface area (Å²) in [6.07, 6.45) is -2.93. The molecule has 0 fully saturated rings. The third kappa shape index (κ3) is 1.78. The van der Waals surface area contributed by atoms with Crippen molar-refractivity contribution in [2.24, 2.45) is 0 Å². The third-order valence-corrected chi connectivity index (χ3v) is 1.53. The van der Waals surface area contributed by atoms with Gasteiger partial charge >= 0.3 is 0 Å². The fourth-order valence-corrected chi connectivity index (χ4v) is 0.959. The van der Waals surface area contributed by atoms with E-state index in [4.69, 9.17) is 5.26 Å². The zero-order valence-electron chi connectivity index (χ0n) is 6.68. The molecule has 5 heteroatoms.